The highest BCUT2D eigenvalue weighted by Crippen LogP contribution is 2.62. The number of hydrogen-bond donors (Lipinski definition) is 1. The van der Waals surface area contributed by atoms with Crippen LogP contribution in [0.1, 0.15) is 32.6 Å². The summed E-state index contributed by atoms with van der Waals surface area (Å²) in [6.07, 6.45) is 4.88. The highest BCUT2D eigenvalue weighted by atomic mass is 16.4. The molecule has 0 amide bonds. The third kappa shape index (κ3) is 0.999. The Bertz CT molecular complexity index is 273. The Morgan fingerprint density at radius 3 is 2.50 bits per heavy atom. The van der Waals surface area contributed by atoms with Gasteiger partial charge in [0.1, 0.15) is 0 Å². The van der Waals surface area contributed by atoms with Crippen molar-refractivity contribution in [2.24, 2.45) is 35.5 Å². The third-order valence-electron chi connectivity index (χ3n) is 5.02. The molecule has 6 atom stereocenters. The van der Waals surface area contributed by atoms with Crippen molar-refractivity contribution in [2.75, 3.05) is 0 Å². The maximum atomic E-state index is 11.1. The molecule has 3 aliphatic carbocycles. The van der Waals surface area contributed by atoms with E-state index in [4.69, 9.17) is 5.11 Å². The molecule has 3 saturated carbocycles. The molecule has 0 aromatic rings. The molecule has 0 heterocycles. The average Bonchev–Trinajstić information content (AvgIpc) is 2.70. The standard InChI is InChI=1S/C12H18O2/c1-6-2-8-7-4-10(9(8)3-6)11(5-7)12(13)14/h6-11H,2-5H2,1H3,(H,13,14). The van der Waals surface area contributed by atoms with Crippen molar-refractivity contribution >= 4 is 5.97 Å². The molecule has 1 N–H and O–H groups in total. The van der Waals surface area contributed by atoms with Gasteiger partial charge in [0.2, 0.25) is 0 Å². The lowest BCUT2D eigenvalue weighted by Crippen LogP contribution is -2.29. The molecule has 14 heavy (non-hydrogen) atoms. The van der Waals surface area contributed by atoms with Crippen molar-refractivity contribution in [2.45, 2.75) is 32.6 Å². The van der Waals surface area contributed by atoms with Crippen LogP contribution in [0.4, 0.5) is 0 Å². The number of carbonyl (C=O) groups is 1. The van der Waals surface area contributed by atoms with Crippen molar-refractivity contribution in [1.29, 1.82) is 0 Å². The number of carboxylic acid groups (broad SMARTS) is 1. The van der Waals surface area contributed by atoms with Gasteiger partial charge in [-0.2, -0.15) is 0 Å². The summed E-state index contributed by atoms with van der Waals surface area (Å²) in [5.74, 6) is 3.28. The normalized spacial score (nSPS) is 54.9. The summed E-state index contributed by atoms with van der Waals surface area (Å²) in [7, 11) is 0. The summed E-state index contributed by atoms with van der Waals surface area (Å²) < 4.78 is 0. The maximum Gasteiger partial charge on any atom is 0.306 e. The number of rotatable bonds is 1. The minimum Gasteiger partial charge on any atom is -0.481 e. The largest absolute Gasteiger partial charge is 0.481 e. The fraction of sp³-hybridized carbons (Fsp3) is 0.917. The molecule has 0 radical (unpaired) electrons. The first-order valence-corrected chi connectivity index (χ1v) is 5.89. The number of carboxylic acids is 1. The maximum absolute atomic E-state index is 11.1. The van der Waals surface area contributed by atoms with Crippen LogP contribution >= 0.6 is 0 Å². The molecule has 0 saturated heterocycles. The van der Waals surface area contributed by atoms with Gasteiger partial charge >= 0.3 is 5.97 Å². The SMILES string of the molecule is CC1CC2C3CC(C(=O)O)C(C3)C2C1. The fourth-order valence-electron chi connectivity index (χ4n) is 4.63. The van der Waals surface area contributed by atoms with Crippen molar-refractivity contribution in [3.05, 3.63) is 0 Å². The smallest absolute Gasteiger partial charge is 0.306 e. The first kappa shape index (κ1) is 8.75. The first-order valence-electron chi connectivity index (χ1n) is 5.89. The lowest BCUT2D eigenvalue weighted by molar-refractivity contribution is -0.144. The Labute approximate surface area is 84.7 Å². The predicted octanol–water partition coefficient (Wildman–Crippen LogP) is 2.39. The Morgan fingerprint density at radius 1 is 1.07 bits per heavy atom. The second-order valence-corrected chi connectivity index (χ2v) is 5.74. The van der Waals surface area contributed by atoms with Gasteiger partial charge in [-0.05, 0) is 55.3 Å². The topological polar surface area (TPSA) is 37.3 Å². The van der Waals surface area contributed by atoms with Crippen molar-refractivity contribution in [3.63, 3.8) is 0 Å². The number of fused-ring (bicyclic) bond motifs is 5. The Kier molecular flexibility index (Phi) is 1.71. The second kappa shape index (κ2) is 2.74. The fourth-order valence-corrected chi connectivity index (χ4v) is 4.63. The molecule has 3 fully saturated rings. The monoisotopic (exact) mass is 194 g/mol. The van der Waals surface area contributed by atoms with Gasteiger partial charge < -0.3 is 5.11 Å². The van der Waals surface area contributed by atoms with Gasteiger partial charge in [-0.25, -0.2) is 0 Å². The van der Waals surface area contributed by atoms with Crippen molar-refractivity contribution < 1.29 is 9.90 Å². The van der Waals surface area contributed by atoms with Crippen LogP contribution in [0.25, 0.3) is 0 Å². The molecule has 2 nitrogen and oxygen atoms in total. The van der Waals surface area contributed by atoms with Gasteiger partial charge in [0.05, 0.1) is 5.92 Å². The third-order valence-corrected chi connectivity index (χ3v) is 5.02. The molecule has 0 aliphatic heterocycles. The first-order chi connectivity index (χ1) is 6.66. The zero-order valence-corrected chi connectivity index (χ0v) is 8.65. The minimum atomic E-state index is -0.532. The van der Waals surface area contributed by atoms with Gasteiger partial charge in [0.15, 0.2) is 0 Å². The van der Waals surface area contributed by atoms with Gasteiger partial charge in [0, 0.05) is 0 Å². The highest BCUT2D eigenvalue weighted by Gasteiger charge is 2.56. The zero-order valence-electron chi connectivity index (χ0n) is 8.65. The van der Waals surface area contributed by atoms with E-state index in [0.29, 0.717) is 5.92 Å². The van der Waals surface area contributed by atoms with Crippen LogP contribution in [0, 0.1) is 35.5 Å². The average molecular weight is 194 g/mol. The van der Waals surface area contributed by atoms with Gasteiger partial charge in [-0.15, -0.1) is 0 Å². The van der Waals surface area contributed by atoms with Gasteiger partial charge in [-0.3, -0.25) is 4.79 Å². The van der Waals surface area contributed by atoms with Crippen LogP contribution in [0.2, 0.25) is 0 Å². The van der Waals surface area contributed by atoms with E-state index in [2.05, 4.69) is 6.92 Å². The molecule has 0 spiro atoms. The molecular weight excluding hydrogens is 176 g/mol. The lowest BCUT2D eigenvalue weighted by atomic mass is 9.76. The van der Waals surface area contributed by atoms with Gasteiger partial charge in [-0.1, -0.05) is 6.92 Å². The van der Waals surface area contributed by atoms with Crippen molar-refractivity contribution in [3.8, 4) is 0 Å². The van der Waals surface area contributed by atoms with Crippen LogP contribution in [0.5, 0.6) is 0 Å². The summed E-state index contributed by atoms with van der Waals surface area (Å²) in [5.41, 5.74) is 0. The second-order valence-electron chi connectivity index (χ2n) is 5.74. The Morgan fingerprint density at radius 2 is 1.79 bits per heavy atom. The number of hydrogen-bond acceptors (Lipinski definition) is 1. The van der Waals surface area contributed by atoms with Crippen LogP contribution in [0.3, 0.4) is 0 Å². The quantitative estimate of drug-likeness (QED) is 0.696. The summed E-state index contributed by atoms with van der Waals surface area (Å²) >= 11 is 0. The van der Waals surface area contributed by atoms with E-state index >= 15 is 0 Å². The number of aliphatic carboxylic acids is 1. The predicted molar refractivity (Wildman–Crippen MR) is 52.7 cm³/mol. The molecule has 2 bridgehead atoms. The molecule has 6 unspecified atom stereocenters. The molecule has 2 heteroatoms. The van der Waals surface area contributed by atoms with Crippen LogP contribution in [-0.2, 0) is 4.79 Å². The van der Waals surface area contributed by atoms with E-state index in [9.17, 15) is 4.79 Å². The minimum absolute atomic E-state index is 0.00606. The zero-order chi connectivity index (χ0) is 9.87. The van der Waals surface area contributed by atoms with Gasteiger partial charge in [0.25, 0.3) is 0 Å². The van der Waals surface area contributed by atoms with E-state index in [1.54, 1.807) is 0 Å². The molecule has 3 rings (SSSR count). The van der Waals surface area contributed by atoms with E-state index in [1.807, 2.05) is 0 Å². The molecule has 78 valence electrons. The van der Waals surface area contributed by atoms with Crippen LogP contribution < -0.4 is 0 Å². The summed E-state index contributed by atoms with van der Waals surface area (Å²) in [4.78, 5) is 11.1. The van der Waals surface area contributed by atoms with Crippen LogP contribution in [0.15, 0.2) is 0 Å². The highest BCUT2D eigenvalue weighted by molar-refractivity contribution is 5.71. The van der Waals surface area contributed by atoms with Crippen molar-refractivity contribution in [1.82, 2.24) is 0 Å². The summed E-state index contributed by atoms with van der Waals surface area (Å²) in [5, 5.41) is 9.12. The Balaban J connectivity index is 1.83. The van der Waals surface area contributed by atoms with E-state index in [1.165, 1.54) is 19.3 Å². The molecular formula is C12H18O2. The van der Waals surface area contributed by atoms with Crippen LogP contribution in [-0.4, -0.2) is 11.1 Å². The Hall–Kier alpha value is -0.530. The van der Waals surface area contributed by atoms with E-state index in [-0.39, 0.29) is 5.92 Å². The van der Waals surface area contributed by atoms with E-state index in [0.717, 1.165) is 30.1 Å². The molecule has 3 aliphatic rings. The van der Waals surface area contributed by atoms with E-state index < -0.39 is 5.97 Å². The summed E-state index contributed by atoms with van der Waals surface area (Å²) in [6.45, 7) is 2.33. The molecule has 0 aromatic heterocycles. The lowest BCUT2D eigenvalue weighted by Gasteiger charge is -2.28. The molecule has 0 aromatic carbocycles. The summed E-state index contributed by atoms with van der Waals surface area (Å²) in [6, 6.07) is 0.